The van der Waals surface area contributed by atoms with Gasteiger partial charge < -0.3 is 19.9 Å². The zero-order valence-corrected chi connectivity index (χ0v) is 20.8. The summed E-state index contributed by atoms with van der Waals surface area (Å²) in [7, 11) is 0. The lowest BCUT2D eigenvalue weighted by Crippen LogP contribution is -2.32. The Bertz CT molecular complexity index is 1330. The number of hydrogen-bond acceptors (Lipinski definition) is 3. The summed E-state index contributed by atoms with van der Waals surface area (Å²) >= 11 is 3.48. The predicted octanol–water partition coefficient (Wildman–Crippen LogP) is 6.12. The van der Waals surface area contributed by atoms with E-state index in [9.17, 15) is 9.18 Å². The Morgan fingerprint density at radius 3 is 2.34 bits per heavy atom. The lowest BCUT2D eigenvalue weighted by atomic mass is 10.0. The van der Waals surface area contributed by atoms with Crippen molar-refractivity contribution >= 4 is 27.5 Å². The molecule has 7 heteroatoms. The van der Waals surface area contributed by atoms with Crippen LogP contribution in [0.2, 0.25) is 0 Å². The fourth-order valence-electron chi connectivity index (χ4n) is 4.38. The van der Waals surface area contributed by atoms with Gasteiger partial charge in [-0.3, -0.25) is 4.79 Å². The normalized spacial score (nSPS) is 17.8. The van der Waals surface area contributed by atoms with Crippen LogP contribution in [-0.2, 0) is 16.0 Å². The first-order chi connectivity index (χ1) is 16.9. The molecule has 5 rings (SSSR count). The standard InChI is InChI=1S/C28H25BrFN3O2/c1-18-27(34)33(15-14-19-2-10-23(31)11-3-19)28(35-18)26-17-32(24-12-6-21(29)7-13-24)16-25(26)20-4-8-22(30)9-5-20/h2-13,16-18,28H,14-15,31H2,1H3/t18-,28+/m0/s1. The fraction of sp³-hybridized carbons (Fsp3) is 0.179. The van der Waals surface area contributed by atoms with E-state index in [4.69, 9.17) is 10.5 Å². The maximum atomic E-state index is 13.7. The predicted molar refractivity (Wildman–Crippen MR) is 138 cm³/mol. The summed E-state index contributed by atoms with van der Waals surface area (Å²) < 4.78 is 22.9. The molecule has 1 aliphatic rings. The number of hydrogen-bond donors (Lipinski definition) is 1. The van der Waals surface area contributed by atoms with Crippen LogP contribution in [-0.4, -0.2) is 28.0 Å². The van der Waals surface area contributed by atoms with Gasteiger partial charge in [-0.2, -0.15) is 0 Å². The zero-order valence-electron chi connectivity index (χ0n) is 19.2. The molecule has 0 saturated carbocycles. The molecule has 1 aliphatic heterocycles. The molecule has 3 aromatic carbocycles. The summed E-state index contributed by atoms with van der Waals surface area (Å²) in [6.45, 7) is 2.28. The van der Waals surface area contributed by atoms with Gasteiger partial charge in [0.1, 0.15) is 11.9 Å². The van der Waals surface area contributed by atoms with E-state index in [2.05, 4.69) is 15.9 Å². The van der Waals surface area contributed by atoms with Crippen LogP contribution in [0.15, 0.2) is 89.7 Å². The molecule has 1 amide bonds. The molecule has 2 N–H and O–H groups in total. The van der Waals surface area contributed by atoms with Crippen LogP contribution in [0, 0.1) is 5.82 Å². The third kappa shape index (κ3) is 4.88. The van der Waals surface area contributed by atoms with Crippen molar-refractivity contribution in [2.24, 2.45) is 0 Å². The smallest absolute Gasteiger partial charge is 0.253 e. The third-order valence-electron chi connectivity index (χ3n) is 6.27. The number of amides is 1. The van der Waals surface area contributed by atoms with Gasteiger partial charge >= 0.3 is 0 Å². The van der Waals surface area contributed by atoms with Crippen molar-refractivity contribution in [1.82, 2.24) is 9.47 Å². The fourth-order valence-corrected chi connectivity index (χ4v) is 4.64. The van der Waals surface area contributed by atoms with Crippen LogP contribution in [0.1, 0.15) is 24.3 Å². The minimum atomic E-state index is -0.553. The molecule has 2 atom stereocenters. The van der Waals surface area contributed by atoms with Gasteiger partial charge in [-0.1, -0.05) is 40.2 Å². The molecule has 4 aromatic rings. The quantitative estimate of drug-likeness (QED) is 0.304. The van der Waals surface area contributed by atoms with Gasteiger partial charge in [0, 0.05) is 45.9 Å². The average molecular weight is 534 g/mol. The molecule has 0 aliphatic carbocycles. The van der Waals surface area contributed by atoms with Gasteiger partial charge in [0.2, 0.25) is 0 Å². The summed E-state index contributed by atoms with van der Waals surface area (Å²) in [5, 5.41) is 0. The maximum absolute atomic E-state index is 13.7. The molecule has 0 radical (unpaired) electrons. The van der Waals surface area contributed by atoms with Crippen LogP contribution in [0.3, 0.4) is 0 Å². The lowest BCUT2D eigenvalue weighted by Gasteiger charge is -2.24. The molecular formula is C28H25BrFN3O2. The SMILES string of the molecule is C[C@@H]1O[C@H](c2cn(-c3ccc(Br)cc3)cc2-c2ccc(F)cc2)N(CCc2ccc(N)cc2)C1=O. The number of anilines is 1. The number of carbonyl (C=O) groups excluding carboxylic acids is 1. The van der Waals surface area contributed by atoms with E-state index in [1.807, 2.05) is 65.5 Å². The number of benzene rings is 3. The van der Waals surface area contributed by atoms with Crippen molar-refractivity contribution in [3.8, 4) is 16.8 Å². The highest BCUT2D eigenvalue weighted by molar-refractivity contribution is 9.10. The number of halogens is 2. The molecule has 35 heavy (non-hydrogen) atoms. The average Bonchev–Trinajstić information content (AvgIpc) is 3.41. The number of nitrogens with zero attached hydrogens (tertiary/aromatic N) is 2. The van der Waals surface area contributed by atoms with Crippen LogP contribution >= 0.6 is 15.9 Å². The van der Waals surface area contributed by atoms with Gasteiger partial charge in [-0.15, -0.1) is 0 Å². The van der Waals surface area contributed by atoms with Gasteiger partial charge in [0.05, 0.1) is 0 Å². The first-order valence-corrected chi connectivity index (χ1v) is 12.2. The largest absolute Gasteiger partial charge is 0.399 e. The molecular weight excluding hydrogens is 509 g/mol. The number of ether oxygens (including phenoxy) is 1. The first kappa shape index (κ1) is 23.3. The maximum Gasteiger partial charge on any atom is 0.253 e. The van der Waals surface area contributed by atoms with Crippen LogP contribution in [0.5, 0.6) is 0 Å². The Kier molecular flexibility index (Phi) is 6.45. The van der Waals surface area contributed by atoms with E-state index in [-0.39, 0.29) is 11.7 Å². The van der Waals surface area contributed by atoms with Crippen molar-refractivity contribution in [1.29, 1.82) is 0 Å². The van der Waals surface area contributed by atoms with E-state index >= 15 is 0 Å². The van der Waals surface area contributed by atoms with E-state index in [0.29, 0.717) is 18.7 Å². The Morgan fingerprint density at radius 2 is 1.66 bits per heavy atom. The summed E-state index contributed by atoms with van der Waals surface area (Å²) in [6.07, 6.45) is 3.57. The van der Waals surface area contributed by atoms with Gasteiger partial charge in [-0.05, 0) is 73.0 Å². The number of nitrogen functional groups attached to an aromatic ring is 1. The van der Waals surface area contributed by atoms with Crippen molar-refractivity contribution in [3.05, 3.63) is 107 Å². The number of aromatic nitrogens is 1. The van der Waals surface area contributed by atoms with E-state index in [0.717, 1.165) is 32.4 Å². The molecule has 0 unspecified atom stereocenters. The molecule has 5 nitrogen and oxygen atoms in total. The summed E-state index contributed by atoms with van der Waals surface area (Å²) in [5.74, 6) is -0.347. The number of carbonyl (C=O) groups is 1. The lowest BCUT2D eigenvalue weighted by molar-refractivity contribution is -0.130. The highest BCUT2D eigenvalue weighted by atomic mass is 79.9. The Labute approximate surface area is 212 Å². The van der Waals surface area contributed by atoms with Gasteiger partial charge in [0.15, 0.2) is 6.23 Å². The van der Waals surface area contributed by atoms with E-state index < -0.39 is 12.3 Å². The molecule has 1 fully saturated rings. The van der Waals surface area contributed by atoms with Crippen molar-refractivity contribution in [3.63, 3.8) is 0 Å². The van der Waals surface area contributed by atoms with Crippen LogP contribution in [0.4, 0.5) is 10.1 Å². The monoisotopic (exact) mass is 533 g/mol. The molecule has 178 valence electrons. The third-order valence-corrected chi connectivity index (χ3v) is 6.80. The van der Waals surface area contributed by atoms with E-state index in [1.54, 1.807) is 24.0 Å². The summed E-state index contributed by atoms with van der Waals surface area (Å²) in [5.41, 5.74) is 11.2. The minimum absolute atomic E-state index is 0.0492. The topological polar surface area (TPSA) is 60.5 Å². The van der Waals surface area contributed by atoms with Gasteiger partial charge in [0.25, 0.3) is 5.91 Å². The van der Waals surface area contributed by atoms with Crippen LogP contribution < -0.4 is 5.73 Å². The van der Waals surface area contributed by atoms with Crippen molar-refractivity contribution in [2.45, 2.75) is 25.7 Å². The Balaban J connectivity index is 1.53. The summed E-state index contributed by atoms with van der Waals surface area (Å²) in [4.78, 5) is 14.9. The van der Waals surface area contributed by atoms with Crippen molar-refractivity contribution < 1.29 is 13.9 Å². The Hall–Kier alpha value is -3.42. The summed E-state index contributed by atoms with van der Waals surface area (Å²) in [6, 6.07) is 22.0. The van der Waals surface area contributed by atoms with Crippen LogP contribution in [0.25, 0.3) is 16.8 Å². The molecule has 1 aromatic heterocycles. The second-order valence-electron chi connectivity index (χ2n) is 8.67. The highest BCUT2D eigenvalue weighted by Gasteiger charge is 2.40. The second-order valence-corrected chi connectivity index (χ2v) is 9.59. The molecule has 2 heterocycles. The zero-order chi connectivity index (χ0) is 24.5. The first-order valence-electron chi connectivity index (χ1n) is 11.4. The Morgan fingerprint density at radius 1 is 0.971 bits per heavy atom. The number of nitrogens with two attached hydrogens (primary N) is 1. The number of rotatable bonds is 6. The molecule has 1 saturated heterocycles. The highest BCUT2D eigenvalue weighted by Crippen LogP contribution is 2.39. The van der Waals surface area contributed by atoms with Crippen molar-refractivity contribution in [2.75, 3.05) is 12.3 Å². The second kappa shape index (κ2) is 9.68. The molecule has 0 bridgehead atoms. The van der Waals surface area contributed by atoms with Gasteiger partial charge in [-0.25, -0.2) is 4.39 Å². The minimum Gasteiger partial charge on any atom is -0.399 e. The van der Waals surface area contributed by atoms with E-state index in [1.165, 1.54) is 12.1 Å². The molecule has 0 spiro atoms.